The van der Waals surface area contributed by atoms with Crippen LogP contribution in [0.25, 0.3) is 0 Å². The minimum absolute atomic E-state index is 0.0188. The van der Waals surface area contributed by atoms with Crippen LogP contribution in [0.1, 0.15) is 6.42 Å². The van der Waals surface area contributed by atoms with Gasteiger partial charge in [-0.1, -0.05) is 0 Å². The van der Waals surface area contributed by atoms with Crippen molar-refractivity contribution in [3.63, 3.8) is 0 Å². The SMILES string of the molecule is OCCOCCOCCOCCOCCOCCOCCOCCOCCOCCC(F)(F)C(F)(F)C(F)(F)C(F)(F)C(F)(F)C(F)(F)C(F)(F)C(F)(F)C(F)(F)C(F)(F)F. The molecule has 0 unspecified atom stereocenters. The molecule has 61 heavy (non-hydrogen) atoms. The fourth-order valence-electron chi connectivity index (χ4n) is 3.87. The Morgan fingerprint density at radius 1 is 0.230 bits per heavy atom. The van der Waals surface area contributed by atoms with E-state index in [-0.39, 0.29) is 66.1 Å². The molecule has 0 aliphatic carbocycles. The van der Waals surface area contributed by atoms with E-state index in [9.17, 15) is 92.2 Å². The maximum atomic E-state index is 14.0. The van der Waals surface area contributed by atoms with E-state index in [0.29, 0.717) is 39.6 Å². The van der Waals surface area contributed by atoms with Crippen molar-refractivity contribution in [2.45, 2.75) is 65.9 Å². The second kappa shape index (κ2) is 25.0. The van der Waals surface area contributed by atoms with Crippen LogP contribution < -0.4 is 0 Å². The molecule has 0 aliphatic rings. The van der Waals surface area contributed by atoms with Crippen LogP contribution in [0, 0.1) is 0 Å². The molecule has 0 aromatic heterocycles. The van der Waals surface area contributed by atoms with E-state index in [0.717, 1.165) is 0 Å². The van der Waals surface area contributed by atoms with Gasteiger partial charge in [-0.25, -0.2) is 0 Å². The van der Waals surface area contributed by atoms with E-state index in [4.69, 9.17) is 43.0 Å². The third kappa shape index (κ3) is 15.1. The van der Waals surface area contributed by atoms with E-state index in [2.05, 4.69) is 4.74 Å². The Hall–Kier alpha value is -1.87. The largest absolute Gasteiger partial charge is 0.460 e. The first-order valence-corrected chi connectivity index (χ1v) is 17.1. The number of aliphatic hydroxyl groups is 1. The van der Waals surface area contributed by atoms with E-state index < -0.39 is 85.7 Å². The van der Waals surface area contributed by atoms with E-state index in [1.165, 1.54) is 0 Å². The number of hydrogen-bond acceptors (Lipinski definition) is 10. The lowest BCUT2D eigenvalue weighted by molar-refractivity contribution is -0.474. The molecule has 0 rings (SSSR count). The quantitative estimate of drug-likeness (QED) is 0.0529. The summed E-state index contributed by atoms with van der Waals surface area (Å²) in [6.07, 6.45) is -10.9. The van der Waals surface area contributed by atoms with Crippen molar-refractivity contribution in [3.8, 4) is 0 Å². The average Bonchev–Trinajstić information content (AvgIpc) is 3.14. The lowest BCUT2D eigenvalue weighted by Gasteiger charge is -2.44. The predicted octanol–water partition coefficient (Wildman–Crippen LogP) is 6.80. The Morgan fingerprint density at radius 2 is 0.410 bits per heavy atom. The van der Waals surface area contributed by atoms with Gasteiger partial charge in [0.2, 0.25) is 0 Å². The number of ether oxygens (including phenoxy) is 9. The molecule has 0 aromatic carbocycles. The van der Waals surface area contributed by atoms with Crippen molar-refractivity contribution in [1.29, 1.82) is 0 Å². The average molecular weight is 961 g/mol. The molecule has 0 atom stereocenters. The Bertz CT molecular complexity index is 1200. The summed E-state index contributed by atoms with van der Waals surface area (Å²) < 4.78 is 328. The normalized spacial score (nSPS) is 14.7. The molecule has 0 aromatic rings. The van der Waals surface area contributed by atoms with Crippen LogP contribution in [0.5, 0.6) is 0 Å². The lowest BCUT2D eigenvalue weighted by Crippen LogP contribution is -2.76. The van der Waals surface area contributed by atoms with Crippen molar-refractivity contribution in [3.05, 3.63) is 0 Å². The molecule has 0 saturated heterocycles. The fraction of sp³-hybridized carbons (Fsp3) is 1.00. The number of rotatable bonds is 37. The zero-order valence-corrected chi connectivity index (χ0v) is 31.2. The minimum atomic E-state index is -9.21. The van der Waals surface area contributed by atoms with Gasteiger partial charge in [0, 0.05) is 6.42 Å². The number of hydrogen-bond donors (Lipinski definition) is 1. The van der Waals surface area contributed by atoms with Crippen molar-refractivity contribution in [2.24, 2.45) is 0 Å². The van der Waals surface area contributed by atoms with Crippen LogP contribution >= 0.6 is 0 Å². The van der Waals surface area contributed by atoms with Gasteiger partial charge in [-0.2, -0.15) is 92.2 Å². The maximum Gasteiger partial charge on any atom is 0.460 e. The van der Waals surface area contributed by atoms with Gasteiger partial charge in [-0.05, 0) is 0 Å². The van der Waals surface area contributed by atoms with Gasteiger partial charge in [0.1, 0.15) is 0 Å². The zero-order chi connectivity index (χ0) is 47.5. The molecule has 0 heterocycles. The van der Waals surface area contributed by atoms with Gasteiger partial charge in [0.05, 0.1) is 126 Å². The molecular weight excluding hydrogens is 919 g/mol. The lowest BCUT2D eigenvalue weighted by atomic mass is 9.86. The van der Waals surface area contributed by atoms with Gasteiger partial charge >= 0.3 is 59.5 Å². The first-order valence-electron chi connectivity index (χ1n) is 17.1. The molecule has 0 fully saturated rings. The molecule has 0 spiro atoms. The second-order valence-corrected chi connectivity index (χ2v) is 11.8. The summed E-state index contributed by atoms with van der Waals surface area (Å²) in [5.41, 5.74) is 0. The first kappa shape index (κ1) is 59.1. The van der Waals surface area contributed by atoms with Gasteiger partial charge in [0.25, 0.3) is 0 Å². The Kier molecular flexibility index (Phi) is 24.2. The summed E-state index contributed by atoms with van der Waals surface area (Å²) in [7, 11) is 0. The topological polar surface area (TPSA) is 103 Å². The van der Waals surface area contributed by atoms with Crippen molar-refractivity contribution < 1.29 is 140 Å². The number of halogens is 21. The highest BCUT2D eigenvalue weighted by Gasteiger charge is 2.97. The molecule has 0 aliphatic heterocycles. The van der Waals surface area contributed by atoms with Gasteiger partial charge in [-0.3, -0.25) is 0 Å². The number of aliphatic hydroxyl groups excluding tert-OH is 1. The standard InChI is InChI=1S/C30H41F21O10/c31-21(32,22(33,34)23(35,36)24(37,38)25(39,40)26(41,42)27(43,44)28(45,46)29(47,48)30(49,50)51)1-3-53-5-7-55-9-11-57-13-15-59-17-19-61-20-18-60-16-14-58-12-10-56-8-6-54-4-2-52/h52H,1-20H2. The summed E-state index contributed by atoms with van der Waals surface area (Å²) in [6, 6.07) is 0. The third-order valence-electron chi connectivity index (χ3n) is 7.35. The second-order valence-electron chi connectivity index (χ2n) is 11.8. The van der Waals surface area contributed by atoms with Crippen LogP contribution in [-0.4, -0.2) is 190 Å². The number of alkyl halides is 21. The first-order chi connectivity index (χ1) is 27.8. The third-order valence-corrected chi connectivity index (χ3v) is 7.35. The summed E-state index contributed by atoms with van der Waals surface area (Å²) >= 11 is 0. The van der Waals surface area contributed by atoms with Crippen LogP contribution in [0.15, 0.2) is 0 Å². The molecule has 0 bridgehead atoms. The van der Waals surface area contributed by atoms with Gasteiger partial charge in [-0.15, -0.1) is 0 Å². The molecule has 1 N–H and O–H groups in total. The zero-order valence-electron chi connectivity index (χ0n) is 31.2. The van der Waals surface area contributed by atoms with Crippen molar-refractivity contribution >= 4 is 0 Å². The Balaban J connectivity index is 4.52. The summed E-state index contributed by atoms with van der Waals surface area (Å²) in [6.45, 7) is -0.483. The molecule has 31 heteroatoms. The molecule has 368 valence electrons. The van der Waals surface area contributed by atoms with E-state index in [1.807, 2.05) is 0 Å². The van der Waals surface area contributed by atoms with Crippen molar-refractivity contribution in [1.82, 2.24) is 0 Å². The Labute approximate surface area is 332 Å². The summed E-state index contributed by atoms with van der Waals surface area (Å²) in [5.74, 6) is -77.2. The highest BCUT2D eigenvalue weighted by molar-refractivity contribution is 5.17. The molecule has 10 nitrogen and oxygen atoms in total. The highest BCUT2D eigenvalue weighted by Crippen LogP contribution is 2.66. The molecular formula is C30H41F21O10. The van der Waals surface area contributed by atoms with Crippen LogP contribution in [-0.2, 0) is 42.6 Å². The van der Waals surface area contributed by atoms with E-state index >= 15 is 0 Å². The van der Waals surface area contributed by atoms with Crippen LogP contribution in [0.4, 0.5) is 92.2 Å². The van der Waals surface area contributed by atoms with E-state index in [1.54, 1.807) is 0 Å². The fourth-order valence-corrected chi connectivity index (χ4v) is 3.87. The molecule has 0 saturated carbocycles. The van der Waals surface area contributed by atoms with Crippen LogP contribution in [0.3, 0.4) is 0 Å². The highest BCUT2D eigenvalue weighted by atomic mass is 19.4. The Morgan fingerprint density at radius 3 is 0.623 bits per heavy atom. The van der Waals surface area contributed by atoms with Crippen LogP contribution in [0.2, 0.25) is 0 Å². The smallest absolute Gasteiger partial charge is 0.394 e. The van der Waals surface area contributed by atoms with Crippen molar-refractivity contribution in [2.75, 3.05) is 126 Å². The van der Waals surface area contributed by atoms with Gasteiger partial charge in [0.15, 0.2) is 0 Å². The predicted molar refractivity (Wildman–Crippen MR) is 160 cm³/mol. The minimum Gasteiger partial charge on any atom is -0.394 e. The van der Waals surface area contributed by atoms with Gasteiger partial charge < -0.3 is 47.7 Å². The maximum absolute atomic E-state index is 14.0. The monoisotopic (exact) mass is 960 g/mol. The molecule has 0 amide bonds. The summed E-state index contributed by atoms with van der Waals surface area (Å²) in [5, 5.41) is 8.54. The summed E-state index contributed by atoms with van der Waals surface area (Å²) in [4.78, 5) is 0. The molecule has 0 radical (unpaired) electrons.